The first kappa shape index (κ1) is 18.6. The van der Waals surface area contributed by atoms with E-state index in [1.54, 1.807) is 30.3 Å². The molecule has 0 radical (unpaired) electrons. The Kier molecular flexibility index (Phi) is 6.43. The summed E-state index contributed by atoms with van der Waals surface area (Å²) in [4.78, 5) is 11.9. The van der Waals surface area contributed by atoms with E-state index in [9.17, 15) is 9.18 Å². The predicted molar refractivity (Wildman–Crippen MR) is 104 cm³/mol. The largest absolute Gasteiger partial charge is 0.351 e. The van der Waals surface area contributed by atoms with Crippen molar-refractivity contribution in [3.8, 4) is 0 Å². The highest BCUT2D eigenvalue weighted by atomic mass is 35.5. The normalized spacial score (nSPS) is 10.5. The number of hydrogen-bond acceptors (Lipinski definition) is 6. The van der Waals surface area contributed by atoms with Crippen LogP contribution in [0.5, 0.6) is 0 Å². The van der Waals surface area contributed by atoms with Crippen molar-refractivity contribution in [3.63, 3.8) is 0 Å². The number of aromatic nitrogens is 2. The molecule has 0 aliphatic rings. The Morgan fingerprint density at radius 1 is 1.15 bits per heavy atom. The predicted octanol–water partition coefficient (Wildman–Crippen LogP) is 4.48. The number of rotatable bonds is 7. The molecule has 0 aliphatic heterocycles. The van der Waals surface area contributed by atoms with Crippen molar-refractivity contribution in [2.24, 2.45) is 0 Å². The van der Waals surface area contributed by atoms with Gasteiger partial charge in [0.1, 0.15) is 5.82 Å². The van der Waals surface area contributed by atoms with Crippen molar-refractivity contribution in [3.05, 3.63) is 64.9 Å². The Bertz CT molecular complexity index is 888. The Morgan fingerprint density at radius 3 is 2.69 bits per heavy atom. The summed E-state index contributed by atoms with van der Waals surface area (Å²) in [6.45, 7) is 0.437. The molecular formula is C17H14ClFN4OS2. The standard InChI is InChI=1S/C17H14ClFN4OS2/c18-12-7-5-11(6-8-12)9-20-15(24)10-25-17-23-22-16(26-17)21-14-4-2-1-3-13(14)19/h1-8H,9-10H2,(H,20,24)(H,21,22). The van der Waals surface area contributed by atoms with Gasteiger partial charge in [-0.3, -0.25) is 4.79 Å². The second-order valence-electron chi connectivity index (χ2n) is 5.17. The van der Waals surface area contributed by atoms with Crippen molar-refractivity contribution in [1.82, 2.24) is 15.5 Å². The molecule has 0 bridgehead atoms. The summed E-state index contributed by atoms with van der Waals surface area (Å²) in [5.41, 5.74) is 1.31. The Balaban J connectivity index is 1.46. The van der Waals surface area contributed by atoms with E-state index >= 15 is 0 Å². The summed E-state index contributed by atoms with van der Waals surface area (Å²) in [5.74, 6) is -0.246. The molecule has 1 heterocycles. The molecule has 134 valence electrons. The molecule has 1 aromatic heterocycles. The van der Waals surface area contributed by atoms with Crippen LogP contribution in [-0.2, 0) is 11.3 Å². The molecule has 0 fully saturated rings. The minimum atomic E-state index is -0.363. The van der Waals surface area contributed by atoms with E-state index in [2.05, 4.69) is 20.8 Å². The molecule has 2 N–H and O–H groups in total. The lowest BCUT2D eigenvalue weighted by Gasteiger charge is -2.04. The van der Waals surface area contributed by atoms with Gasteiger partial charge in [-0.05, 0) is 29.8 Å². The maximum absolute atomic E-state index is 13.6. The van der Waals surface area contributed by atoms with Gasteiger partial charge in [-0.15, -0.1) is 10.2 Å². The van der Waals surface area contributed by atoms with Gasteiger partial charge in [-0.1, -0.05) is 59.0 Å². The van der Waals surface area contributed by atoms with Gasteiger partial charge in [0, 0.05) is 11.6 Å². The fraction of sp³-hybridized carbons (Fsp3) is 0.118. The van der Waals surface area contributed by atoms with Crippen LogP contribution >= 0.6 is 34.7 Å². The Labute approximate surface area is 163 Å². The van der Waals surface area contributed by atoms with Crippen LogP contribution in [0.25, 0.3) is 0 Å². The molecule has 5 nitrogen and oxygen atoms in total. The molecule has 0 aliphatic carbocycles. The number of anilines is 2. The molecule has 9 heteroatoms. The molecule has 26 heavy (non-hydrogen) atoms. The zero-order chi connectivity index (χ0) is 18.4. The second-order valence-corrected chi connectivity index (χ2v) is 7.81. The summed E-state index contributed by atoms with van der Waals surface area (Å²) >= 11 is 8.37. The van der Waals surface area contributed by atoms with Crippen molar-refractivity contribution >= 4 is 51.4 Å². The molecule has 0 atom stereocenters. The van der Waals surface area contributed by atoms with E-state index < -0.39 is 0 Å². The number of benzene rings is 2. The van der Waals surface area contributed by atoms with E-state index in [-0.39, 0.29) is 17.5 Å². The zero-order valence-corrected chi connectivity index (χ0v) is 15.8. The van der Waals surface area contributed by atoms with Crippen LogP contribution in [-0.4, -0.2) is 21.9 Å². The lowest BCUT2D eigenvalue weighted by atomic mass is 10.2. The molecule has 3 rings (SSSR count). The first-order chi connectivity index (χ1) is 12.6. The van der Waals surface area contributed by atoms with Gasteiger partial charge in [-0.25, -0.2) is 4.39 Å². The molecule has 0 unspecified atom stereocenters. The van der Waals surface area contributed by atoms with Crippen LogP contribution in [0.15, 0.2) is 52.9 Å². The summed E-state index contributed by atoms with van der Waals surface area (Å²) in [7, 11) is 0. The van der Waals surface area contributed by atoms with Crippen LogP contribution in [0.4, 0.5) is 15.2 Å². The van der Waals surface area contributed by atoms with Crippen LogP contribution in [0.1, 0.15) is 5.56 Å². The van der Waals surface area contributed by atoms with E-state index in [0.717, 1.165) is 5.56 Å². The van der Waals surface area contributed by atoms with E-state index in [0.29, 0.717) is 26.7 Å². The third kappa shape index (κ3) is 5.42. The molecule has 3 aromatic rings. The number of para-hydroxylation sites is 1. The number of amides is 1. The average Bonchev–Trinajstić information content (AvgIpc) is 3.09. The van der Waals surface area contributed by atoms with E-state index in [1.807, 2.05) is 12.1 Å². The molecule has 2 aromatic carbocycles. The quantitative estimate of drug-likeness (QED) is 0.564. The highest BCUT2D eigenvalue weighted by molar-refractivity contribution is 8.01. The fourth-order valence-electron chi connectivity index (χ4n) is 1.98. The van der Waals surface area contributed by atoms with Crippen molar-refractivity contribution in [2.75, 3.05) is 11.1 Å². The summed E-state index contributed by atoms with van der Waals surface area (Å²) < 4.78 is 14.2. The minimum Gasteiger partial charge on any atom is -0.351 e. The van der Waals surface area contributed by atoms with Gasteiger partial charge < -0.3 is 10.6 Å². The molecular weight excluding hydrogens is 395 g/mol. The topological polar surface area (TPSA) is 66.9 Å². The third-order valence-corrected chi connectivity index (χ3v) is 5.48. The van der Waals surface area contributed by atoms with E-state index in [4.69, 9.17) is 11.6 Å². The van der Waals surface area contributed by atoms with Crippen molar-refractivity contribution in [1.29, 1.82) is 0 Å². The number of nitrogens with one attached hydrogen (secondary N) is 2. The highest BCUT2D eigenvalue weighted by Gasteiger charge is 2.10. The lowest BCUT2D eigenvalue weighted by Crippen LogP contribution is -2.24. The first-order valence-corrected chi connectivity index (χ1v) is 9.77. The SMILES string of the molecule is O=C(CSc1nnc(Nc2ccccc2F)s1)NCc1ccc(Cl)cc1. The summed E-state index contributed by atoms with van der Waals surface area (Å²) in [5, 5.41) is 14.8. The number of nitrogens with zero attached hydrogens (tertiary/aromatic N) is 2. The summed E-state index contributed by atoms with van der Waals surface area (Å²) in [6.07, 6.45) is 0. The van der Waals surface area contributed by atoms with Gasteiger partial charge in [-0.2, -0.15) is 0 Å². The minimum absolute atomic E-state index is 0.108. The monoisotopic (exact) mass is 408 g/mol. The number of thioether (sulfide) groups is 1. The highest BCUT2D eigenvalue weighted by Crippen LogP contribution is 2.28. The maximum atomic E-state index is 13.6. The molecule has 0 saturated carbocycles. The summed E-state index contributed by atoms with van der Waals surface area (Å²) in [6, 6.07) is 13.6. The number of halogens is 2. The third-order valence-electron chi connectivity index (χ3n) is 3.25. The Morgan fingerprint density at radius 2 is 1.92 bits per heavy atom. The maximum Gasteiger partial charge on any atom is 0.230 e. The van der Waals surface area contributed by atoms with Gasteiger partial charge in [0.05, 0.1) is 11.4 Å². The van der Waals surface area contributed by atoms with Gasteiger partial charge in [0.2, 0.25) is 11.0 Å². The van der Waals surface area contributed by atoms with E-state index in [1.165, 1.54) is 29.2 Å². The smallest absolute Gasteiger partial charge is 0.230 e. The Hall–Kier alpha value is -2.16. The van der Waals surface area contributed by atoms with Gasteiger partial charge >= 0.3 is 0 Å². The molecule has 0 spiro atoms. The van der Waals surface area contributed by atoms with Crippen molar-refractivity contribution in [2.45, 2.75) is 10.9 Å². The van der Waals surface area contributed by atoms with Gasteiger partial charge in [0.15, 0.2) is 4.34 Å². The fourth-order valence-corrected chi connectivity index (χ4v) is 3.70. The average molecular weight is 409 g/mol. The number of carbonyl (C=O) groups excluding carboxylic acids is 1. The molecule has 0 saturated heterocycles. The first-order valence-electron chi connectivity index (χ1n) is 7.59. The van der Waals surface area contributed by atoms with Crippen LogP contribution in [0, 0.1) is 5.82 Å². The van der Waals surface area contributed by atoms with Crippen LogP contribution in [0.3, 0.4) is 0 Å². The number of hydrogen-bond donors (Lipinski definition) is 2. The molecule has 1 amide bonds. The number of carbonyl (C=O) groups is 1. The van der Waals surface area contributed by atoms with Gasteiger partial charge in [0.25, 0.3) is 0 Å². The second kappa shape index (κ2) is 8.98. The van der Waals surface area contributed by atoms with Crippen LogP contribution in [0.2, 0.25) is 5.02 Å². The lowest BCUT2D eigenvalue weighted by molar-refractivity contribution is -0.118. The van der Waals surface area contributed by atoms with Crippen LogP contribution < -0.4 is 10.6 Å². The zero-order valence-electron chi connectivity index (χ0n) is 13.4. The van der Waals surface area contributed by atoms with Crippen molar-refractivity contribution < 1.29 is 9.18 Å².